The summed E-state index contributed by atoms with van der Waals surface area (Å²) in [7, 11) is 0. The number of thioether (sulfide) groups is 1. The second kappa shape index (κ2) is 7.99. The highest BCUT2D eigenvalue weighted by molar-refractivity contribution is 8.00. The van der Waals surface area contributed by atoms with Gasteiger partial charge in [-0.05, 0) is 31.2 Å². The van der Waals surface area contributed by atoms with E-state index in [-0.39, 0.29) is 17.2 Å². The number of nitrogens with zero attached hydrogens (tertiary/aromatic N) is 2. The zero-order chi connectivity index (χ0) is 19.7. The average Bonchev–Trinajstić information content (AvgIpc) is 3.32. The molecule has 0 radical (unpaired) electrons. The molecule has 28 heavy (non-hydrogen) atoms. The van der Waals surface area contributed by atoms with Crippen molar-refractivity contribution in [3.8, 4) is 11.5 Å². The number of aromatic amines is 1. The van der Waals surface area contributed by atoms with Crippen LogP contribution in [-0.4, -0.2) is 32.4 Å². The van der Waals surface area contributed by atoms with E-state index in [0.29, 0.717) is 22.9 Å². The number of carbonyl (C=O) groups excluding carboxylic acids is 1. The zero-order valence-electron chi connectivity index (χ0n) is 16.4. The third kappa shape index (κ3) is 3.81. The van der Waals surface area contributed by atoms with Crippen molar-refractivity contribution < 1.29 is 9.21 Å². The number of benzene rings is 1. The number of nitrogens with one attached hydrogen (secondary N) is 2. The van der Waals surface area contributed by atoms with Crippen LogP contribution in [0.15, 0.2) is 40.1 Å². The van der Waals surface area contributed by atoms with Crippen molar-refractivity contribution in [3.63, 3.8) is 0 Å². The number of hydrogen-bond acceptors (Lipinski definition) is 5. The highest BCUT2D eigenvalue weighted by atomic mass is 32.2. The van der Waals surface area contributed by atoms with Crippen LogP contribution in [0.25, 0.3) is 22.4 Å². The SMILES string of the molecule is C[C@H]1[C@@H](NC(=O)[C@@H](C)Sc2nnc(-c3c[nH]c4ccccc34)o2)CCC[C@@H]1C. The maximum Gasteiger partial charge on any atom is 0.277 e. The van der Waals surface area contributed by atoms with E-state index >= 15 is 0 Å². The first kappa shape index (κ1) is 19.1. The molecular weight excluding hydrogens is 372 g/mol. The van der Waals surface area contributed by atoms with Gasteiger partial charge in [0, 0.05) is 23.1 Å². The Kier molecular flexibility index (Phi) is 5.44. The third-order valence-corrected chi connectivity index (χ3v) is 6.84. The van der Waals surface area contributed by atoms with Crippen LogP contribution in [0.3, 0.4) is 0 Å². The monoisotopic (exact) mass is 398 g/mol. The summed E-state index contributed by atoms with van der Waals surface area (Å²) in [6.07, 6.45) is 5.35. The van der Waals surface area contributed by atoms with Gasteiger partial charge >= 0.3 is 0 Å². The van der Waals surface area contributed by atoms with E-state index in [1.165, 1.54) is 24.6 Å². The molecule has 1 saturated carbocycles. The van der Waals surface area contributed by atoms with Gasteiger partial charge in [0.1, 0.15) is 0 Å². The van der Waals surface area contributed by atoms with Crippen molar-refractivity contribution in [1.82, 2.24) is 20.5 Å². The summed E-state index contributed by atoms with van der Waals surface area (Å²) in [5.41, 5.74) is 1.89. The Morgan fingerprint density at radius 2 is 2.11 bits per heavy atom. The molecule has 0 spiro atoms. The lowest BCUT2D eigenvalue weighted by atomic mass is 9.78. The van der Waals surface area contributed by atoms with Crippen LogP contribution >= 0.6 is 11.8 Å². The van der Waals surface area contributed by atoms with Crippen molar-refractivity contribution in [2.45, 2.75) is 56.5 Å². The average molecular weight is 399 g/mol. The Morgan fingerprint density at radius 3 is 2.96 bits per heavy atom. The normalized spacial score (nSPS) is 23.6. The van der Waals surface area contributed by atoms with Crippen molar-refractivity contribution in [2.24, 2.45) is 11.8 Å². The van der Waals surface area contributed by atoms with Crippen molar-refractivity contribution in [1.29, 1.82) is 0 Å². The van der Waals surface area contributed by atoms with Gasteiger partial charge in [-0.1, -0.05) is 56.7 Å². The molecule has 2 heterocycles. The highest BCUT2D eigenvalue weighted by Gasteiger charge is 2.30. The molecule has 148 valence electrons. The van der Waals surface area contributed by atoms with Crippen LogP contribution in [0.5, 0.6) is 0 Å². The van der Waals surface area contributed by atoms with Gasteiger partial charge in [-0.25, -0.2) is 0 Å². The number of rotatable bonds is 5. The Bertz CT molecular complexity index is 966. The van der Waals surface area contributed by atoms with Crippen molar-refractivity contribution in [3.05, 3.63) is 30.5 Å². The van der Waals surface area contributed by atoms with Gasteiger partial charge in [0.15, 0.2) is 0 Å². The summed E-state index contributed by atoms with van der Waals surface area (Å²) in [5.74, 6) is 1.65. The first-order valence-electron chi connectivity index (χ1n) is 9.90. The molecule has 1 fully saturated rings. The number of carbonyl (C=O) groups is 1. The minimum Gasteiger partial charge on any atom is -0.411 e. The molecule has 6 nitrogen and oxygen atoms in total. The molecule has 2 aromatic heterocycles. The van der Waals surface area contributed by atoms with Gasteiger partial charge < -0.3 is 14.7 Å². The molecular formula is C21H26N4O2S. The number of hydrogen-bond donors (Lipinski definition) is 2. The molecule has 4 atom stereocenters. The van der Waals surface area contributed by atoms with Crippen LogP contribution in [0.1, 0.15) is 40.0 Å². The number of amides is 1. The number of H-pyrrole nitrogens is 1. The largest absolute Gasteiger partial charge is 0.411 e. The Morgan fingerprint density at radius 1 is 1.29 bits per heavy atom. The van der Waals surface area contributed by atoms with E-state index in [9.17, 15) is 4.79 Å². The number of para-hydroxylation sites is 1. The summed E-state index contributed by atoms with van der Waals surface area (Å²) >= 11 is 1.30. The summed E-state index contributed by atoms with van der Waals surface area (Å²) in [5, 5.41) is 12.7. The first-order chi connectivity index (χ1) is 13.5. The first-order valence-corrected chi connectivity index (χ1v) is 10.8. The molecule has 0 saturated heterocycles. The van der Waals surface area contributed by atoms with Gasteiger partial charge in [-0.2, -0.15) is 0 Å². The van der Waals surface area contributed by atoms with Crippen LogP contribution in [-0.2, 0) is 4.79 Å². The molecule has 4 rings (SSSR count). The summed E-state index contributed by atoms with van der Waals surface area (Å²) in [4.78, 5) is 15.9. The lowest BCUT2D eigenvalue weighted by Crippen LogP contribution is -2.46. The Balaban J connectivity index is 1.41. The molecule has 1 aromatic carbocycles. The molecule has 0 aliphatic heterocycles. The van der Waals surface area contributed by atoms with Crippen LogP contribution in [0.2, 0.25) is 0 Å². The molecule has 0 bridgehead atoms. The van der Waals surface area contributed by atoms with E-state index < -0.39 is 0 Å². The fourth-order valence-electron chi connectivity index (χ4n) is 3.91. The standard InChI is InChI=1S/C21H26N4O2S/c1-12-7-6-10-17(13(12)2)23-19(26)14(3)28-21-25-24-20(27-21)16-11-22-18-9-5-4-8-15(16)18/h4-5,8-9,11-14,17,22H,6-7,10H2,1-3H3,(H,23,26)/t12-,13+,14+,17-/m0/s1. The topological polar surface area (TPSA) is 83.8 Å². The Hall–Kier alpha value is -2.28. The number of fused-ring (bicyclic) bond motifs is 1. The lowest BCUT2D eigenvalue weighted by molar-refractivity contribution is -0.121. The van der Waals surface area contributed by atoms with Gasteiger partial charge in [-0.3, -0.25) is 4.79 Å². The van der Waals surface area contributed by atoms with Gasteiger partial charge in [-0.15, -0.1) is 10.2 Å². The number of aromatic nitrogens is 3. The van der Waals surface area contributed by atoms with E-state index in [4.69, 9.17) is 4.42 Å². The predicted molar refractivity (Wildman–Crippen MR) is 111 cm³/mol. The molecule has 2 N–H and O–H groups in total. The van der Waals surface area contributed by atoms with Crippen molar-refractivity contribution >= 4 is 28.6 Å². The summed E-state index contributed by atoms with van der Waals surface area (Å²) in [6, 6.07) is 8.23. The van der Waals surface area contributed by atoms with E-state index in [1.807, 2.05) is 37.4 Å². The second-order valence-electron chi connectivity index (χ2n) is 7.76. The highest BCUT2D eigenvalue weighted by Crippen LogP contribution is 2.32. The lowest BCUT2D eigenvalue weighted by Gasteiger charge is -2.35. The van der Waals surface area contributed by atoms with Gasteiger partial charge in [0.05, 0.1) is 10.8 Å². The third-order valence-electron chi connectivity index (χ3n) is 5.91. The second-order valence-corrected chi connectivity index (χ2v) is 9.06. The van der Waals surface area contributed by atoms with Crippen molar-refractivity contribution in [2.75, 3.05) is 0 Å². The molecule has 7 heteroatoms. The summed E-state index contributed by atoms with van der Waals surface area (Å²) in [6.45, 7) is 6.39. The van der Waals surface area contributed by atoms with Crippen LogP contribution < -0.4 is 5.32 Å². The van der Waals surface area contributed by atoms with E-state index in [2.05, 4.69) is 34.3 Å². The maximum atomic E-state index is 12.7. The van der Waals surface area contributed by atoms with E-state index in [0.717, 1.165) is 22.9 Å². The summed E-state index contributed by atoms with van der Waals surface area (Å²) < 4.78 is 5.83. The quantitative estimate of drug-likeness (QED) is 0.612. The molecule has 1 amide bonds. The van der Waals surface area contributed by atoms with Gasteiger partial charge in [0.25, 0.3) is 11.1 Å². The molecule has 0 unspecified atom stereocenters. The van der Waals surface area contributed by atoms with Crippen LogP contribution in [0, 0.1) is 11.8 Å². The molecule has 1 aliphatic rings. The minimum atomic E-state index is -0.291. The molecule has 3 aromatic rings. The minimum absolute atomic E-state index is 0.0304. The maximum absolute atomic E-state index is 12.7. The molecule has 1 aliphatic carbocycles. The van der Waals surface area contributed by atoms with Gasteiger partial charge in [0.2, 0.25) is 5.91 Å². The van der Waals surface area contributed by atoms with E-state index in [1.54, 1.807) is 0 Å². The smallest absolute Gasteiger partial charge is 0.277 e. The fourth-order valence-corrected chi connectivity index (χ4v) is 4.60. The fraction of sp³-hybridized carbons (Fsp3) is 0.476. The van der Waals surface area contributed by atoms with Crippen LogP contribution in [0.4, 0.5) is 0 Å². The zero-order valence-corrected chi connectivity index (χ0v) is 17.3. The Labute approximate surface area is 168 Å². The predicted octanol–water partition coefficient (Wildman–Crippen LogP) is 4.64.